The molecule has 1 aliphatic rings. The molecule has 0 bridgehead atoms. The van der Waals surface area contributed by atoms with E-state index in [4.69, 9.17) is 0 Å². The molecule has 1 aliphatic carbocycles. The Kier molecular flexibility index (Phi) is 7.24. The van der Waals surface area contributed by atoms with Crippen molar-refractivity contribution in [3.05, 3.63) is 47.9 Å². The van der Waals surface area contributed by atoms with Crippen LogP contribution in [0.4, 0.5) is 0 Å². The molecule has 21 heavy (non-hydrogen) atoms. The lowest BCUT2D eigenvalue weighted by atomic mass is 9.55. The van der Waals surface area contributed by atoms with E-state index in [1.54, 1.807) is 0 Å². The highest BCUT2D eigenvalue weighted by molar-refractivity contribution is 6.70. The average Bonchev–Trinajstić information content (AvgIpc) is 2.62. The van der Waals surface area contributed by atoms with Crippen LogP contribution in [0.3, 0.4) is 0 Å². The minimum absolute atomic E-state index is 0.151. The number of allylic oxidation sites excluding steroid dienone is 7. The second-order valence-corrected chi connectivity index (χ2v) is 7.05. The fourth-order valence-corrected chi connectivity index (χ4v) is 2.38. The largest absolute Gasteiger partial charge is 0.351 e. The van der Waals surface area contributed by atoms with Crippen molar-refractivity contribution in [1.29, 1.82) is 0 Å². The van der Waals surface area contributed by atoms with Crippen molar-refractivity contribution in [2.75, 3.05) is 7.05 Å². The van der Waals surface area contributed by atoms with Crippen molar-refractivity contribution >= 4 is 6.85 Å². The van der Waals surface area contributed by atoms with E-state index in [0.29, 0.717) is 12.8 Å². The maximum Gasteiger partial charge on any atom is 0.281 e. The molecule has 0 saturated heterocycles. The van der Waals surface area contributed by atoms with E-state index in [2.05, 4.69) is 82.3 Å². The van der Waals surface area contributed by atoms with Crippen LogP contribution in [0.25, 0.3) is 0 Å². The molecule has 0 amide bonds. The third-order valence-electron chi connectivity index (χ3n) is 4.53. The van der Waals surface area contributed by atoms with Gasteiger partial charge in [0.15, 0.2) is 0 Å². The Hall–Kier alpha value is -1.02. The van der Waals surface area contributed by atoms with Gasteiger partial charge in [0.1, 0.15) is 0 Å². The first-order valence-electron chi connectivity index (χ1n) is 8.31. The van der Waals surface area contributed by atoms with Crippen molar-refractivity contribution in [2.45, 2.75) is 47.5 Å². The molecule has 0 aromatic heterocycles. The van der Waals surface area contributed by atoms with Crippen LogP contribution in [0, 0.1) is 17.3 Å². The molecule has 0 heterocycles. The van der Waals surface area contributed by atoms with Gasteiger partial charge in [-0.1, -0.05) is 82.5 Å². The Morgan fingerprint density at radius 3 is 2.52 bits per heavy atom. The first-order valence-corrected chi connectivity index (χ1v) is 8.31. The van der Waals surface area contributed by atoms with Crippen molar-refractivity contribution in [1.82, 2.24) is 5.23 Å². The molecule has 116 valence electrons. The van der Waals surface area contributed by atoms with Crippen molar-refractivity contribution in [2.24, 2.45) is 17.3 Å². The lowest BCUT2D eigenvalue weighted by Crippen LogP contribution is -2.30. The summed E-state index contributed by atoms with van der Waals surface area (Å²) in [5.41, 5.74) is 1.48. The molecular formula is C19H32BN. The van der Waals surface area contributed by atoms with Gasteiger partial charge in [0.05, 0.1) is 0 Å². The van der Waals surface area contributed by atoms with Crippen LogP contribution < -0.4 is 5.23 Å². The summed E-state index contributed by atoms with van der Waals surface area (Å²) in [5.74, 6) is 3.67. The molecule has 0 aliphatic heterocycles. The van der Waals surface area contributed by atoms with Crippen LogP contribution in [-0.2, 0) is 0 Å². The minimum Gasteiger partial charge on any atom is -0.351 e. The van der Waals surface area contributed by atoms with Gasteiger partial charge in [0, 0.05) is 5.41 Å². The van der Waals surface area contributed by atoms with E-state index >= 15 is 0 Å². The summed E-state index contributed by atoms with van der Waals surface area (Å²) in [4.78, 5) is 0. The van der Waals surface area contributed by atoms with E-state index in [1.807, 2.05) is 7.05 Å². The molecule has 0 radical (unpaired) electrons. The molecule has 0 saturated carbocycles. The molecular weight excluding hydrogens is 253 g/mol. The average molecular weight is 285 g/mol. The highest BCUT2D eigenvalue weighted by atomic mass is 14.7. The van der Waals surface area contributed by atoms with Crippen LogP contribution in [0.5, 0.6) is 0 Å². The van der Waals surface area contributed by atoms with Gasteiger partial charge in [0.25, 0.3) is 6.85 Å². The Morgan fingerprint density at radius 2 is 1.95 bits per heavy atom. The molecule has 0 fully saturated rings. The Morgan fingerprint density at radius 1 is 1.24 bits per heavy atom. The van der Waals surface area contributed by atoms with E-state index in [1.165, 1.54) is 11.9 Å². The number of hydrogen-bond acceptors (Lipinski definition) is 1. The standard InChI is InChI=1S/C19H32BN/c1-16(2)10-7-8-15-20(21-6)18-11-9-13-19(5,14-12-18)17(3)4/h8-9,11-17,21H,7,10H2,1-6H3/b15-8-. The lowest BCUT2D eigenvalue weighted by molar-refractivity contribution is 0.383. The lowest BCUT2D eigenvalue weighted by Gasteiger charge is -2.26. The van der Waals surface area contributed by atoms with Crippen LogP contribution in [-0.4, -0.2) is 13.9 Å². The van der Waals surface area contributed by atoms with E-state index in [-0.39, 0.29) is 5.41 Å². The minimum atomic E-state index is 0.151. The summed E-state index contributed by atoms with van der Waals surface area (Å²) in [6, 6.07) is 0. The summed E-state index contributed by atoms with van der Waals surface area (Å²) in [7, 11) is 2.03. The summed E-state index contributed by atoms with van der Waals surface area (Å²) in [5, 5.41) is 3.40. The van der Waals surface area contributed by atoms with Crippen molar-refractivity contribution < 1.29 is 0 Å². The fraction of sp³-hybridized carbons (Fsp3) is 0.579. The molecule has 0 aromatic rings. The summed E-state index contributed by atoms with van der Waals surface area (Å²) in [6.07, 6.45) is 16.1. The third kappa shape index (κ3) is 5.70. The maximum atomic E-state index is 3.40. The molecule has 0 spiro atoms. The highest BCUT2D eigenvalue weighted by Crippen LogP contribution is 2.32. The predicted molar refractivity (Wildman–Crippen MR) is 97.3 cm³/mol. The first-order chi connectivity index (χ1) is 9.89. The summed E-state index contributed by atoms with van der Waals surface area (Å²) >= 11 is 0. The number of nitrogens with one attached hydrogen (secondary N) is 1. The van der Waals surface area contributed by atoms with Gasteiger partial charge in [0.2, 0.25) is 0 Å². The van der Waals surface area contributed by atoms with E-state index in [9.17, 15) is 0 Å². The van der Waals surface area contributed by atoms with Crippen LogP contribution >= 0.6 is 0 Å². The van der Waals surface area contributed by atoms with Gasteiger partial charge < -0.3 is 5.23 Å². The molecule has 1 unspecified atom stereocenters. The van der Waals surface area contributed by atoms with Crippen LogP contribution in [0.15, 0.2) is 47.9 Å². The predicted octanol–water partition coefficient (Wildman–Crippen LogP) is 4.98. The van der Waals surface area contributed by atoms with Crippen LogP contribution in [0.1, 0.15) is 47.5 Å². The Labute approximate surface area is 132 Å². The topological polar surface area (TPSA) is 12.0 Å². The zero-order chi connectivity index (χ0) is 15.9. The SMILES string of the molecule is CNB(/C=C\CCC(C)C)C1=CC=CC(C)(C(C)C)C=C1. The normalized spacial score (nSPS) is 22.2. The quantitative estimate of drug-likeness (QED) is 0.650. The van der Waals surface area contributed by atoms with Crippen LogP contribution in [0.2, 0.25) is 0 Å². The van der Waals surface area contributed by atoms with Gasteiger partial charge >= 0.3 is 0 Å². The zero-order valence-electron chi connectivity index (χ0n) is 14.7. The third-order valence-corrected chi connectivity index (χ3v) is 4.53. The number of rotatable bonds is 7. The molecule has 1 atom stereocenters. The Balaban J connectivity index is 2.74. The summed E-state index contributed by atoms with van der Waals surface area (Å²) in [6.45, 7) is 11.7. The smallest absolute Gasteiger partial charge is 0.281 e. The van der Waals surface area contributed by atoms with Gasteiger partial charge in [-0.3, -0.25) is 0 Å². The van der Waals surface area contributed by atoms with Crippen molar-refractivity contribution in [3.63, 3.8) is 0 Å². The summed E-state index contributed by atoms with van der Waals surface area (Å²) < 4.78 is 0. The monoisotopic (exact) mass is 285 g/mol. The van der Waals surface area contributed by atoms with Gasteiger partial charge in [-0.25, -0.2) is 0 Å². The highest BCUT2D eigenvalue weighted by Gasteiger charge is 2.23. The van der Waals surface area contributed by atoms with Gasteiger partial charge in [-0.15, -0.1) is 0 Å². The maximum absolute atomic E-state index is 3.40. The number of hydrogen-bond donors (Lipinski definition) is 1. The van der Waals surface area contributed by atoms with Gasteiger partial charge in [-0.2, -0.15) is 0 Å². The second kappa shape index (κ2) is 8.43. The molecule has 2 heteroatoms. The molecule has 1 N–H and O–H groups in total. The Bertz CT molecular complexity index is 429. The van der Waals surface area contributed by atoms with E-state index in [0.717, 1.165) is 12.3 Å². The van der Waals surface area contributed by atoms with Gasteiger partial charge in [-0.05, 0) is 31.7 Å². The van der Waals surface area contributed by atoms with Crippen molar-refractivity contribution in [3.8, 4) is 0 Å². The zero-order valence-corrected chi connectivity index (χ0v) is 14.7. The fourth-order valence-electron chi connectivity index (χ4n) is 2.38. The first kappa shape index (κ1) is 18.0. The molecule has 0 aromatic carbocycles. The molecule has 1 rings (SSSR count). The second-order valence-electron chi connectivity index (χ2n) is 7.05. The molecule has 1 nitrogen and oxygen atoms in total. The van der Waals surface area contributed by atoms with E-state index < -0.39 is 0 Å².